The fourth-order valence-corrected chi connectivity index (χ4v) is 2.41. The van der Waals surface area contributed by atoms with Crippen molar-refractivity contribution in [3.05, 3.63) is 41.8 Å². The molecule has 14 heavy (non-hydrogen) atoms. The molecule has 0 N–H and O–H groups in total. The standard InChI is InChI=1S/K.4N3.Sn/c;4*1-3-2;/q;4*-1;+4. The van der Waals surface area contributed by atoms with Gasteiger partial charge in [-0.2, -0.15) is 0 Å². The summed E-state index contributed by atoms with van der Waals surface area (Å²) in [6.45, 7) is 0. The summed E-state index contributed by atoms with van der Waals surface area (Å²) in [7, 11) is 0. The first-order valence-electron chi connectivity index (χ1n) is 2.49. The van der Waals surface area contributed by atoms with Crippen LogP contribution in [0.1, 0.15) is 0 Å². The summed E-state index contributed by atoms with van der Waals surface area (Å²) in [5.74, 6) is 0. The van der Waals surface area contributed by atoms with E-state index in [4.69, 9.17) is 22.1 Å². The number of hydrogen-bond acceptors (Lipinski definition) is 4. The normalized spacial score (nSPS) is 10.9. The zero-order valence-corrected chi connectivity index (χ0v) is 12.8. The molecule has 0 saturated heterocycles. The summed E-state index contributed by atoms with van der Waals surface area (Å²) in [6.07, 6.45) is 0. The molecule has 65 valence electrons. The van der Waals surface area contributed by atoms with Crippen LogP contribution in [0.2, 0.25) is 0 Å². The van der Waals surface area contributed by atoms with Crippen molar-refractivity contribution < 1.29 is 0 Å². The van der Waals surface area contributed by atoms with E-state index in [1.165, 1.54) is 0 Å². The minimum absolute atomic E-state index is 0. The van der Waals surface area contributed by atoms with Crippen LogP contribution in [0.15, 0.2) is 13.3 Å². The summed E-state index contributed by atoms with van der Waals surface area (Å²) >= 11 is -4.73. The Kier molecular flexibility index (Phi) is 10.6. The van der Waals surface area contributed by atoms with Gasteiger partial charge in [0.1, 0.15) is 0 Å². The van der Waals surface area contributed by atoms with Gasteiger partial charge in [0.05, 0.1) is 0 Å². The van der Waals surface area contributed by atoms with Gasteiger partial charge in [0.25, 0.3) is 0 Å². The van der Waals surface area contributed by atoms with Gasteiger partial charge in [0, 0.05) is 51.4 Å². The zero-order valence-electron chi connectivity index (χ0n) is 6.87. The molecule has 0 rings (SSSR count). The van der Waals surface area contributed by atoms with Crippen molar-refractivity contribution in [2.75, 3.05) is 0 Å². The van der Waals surface area contributed by atoms with E-state index >= 15 is 0 Å². The second-order valence-corrected chi connectivity index (χ2v) is 7.07. The molecule has 0 aromatic rings. The first-order chi connectivity index (χ1) is 6.24. The Labute approximate surface area is 124 Å². The molecule has 0 bridgehead atoms. The van der Waals surface area contributed by atoms with Gasteiger partial charge in [0.15, 0.2) is 0 Å². The number of rotatable bonds is 4. The van der Waals surface area contributed by atoms with Gasteiger partial charge < -0.3 is 0 Å². The van der Waals surface area contributed by atoms with Crippen molar-refractivity contribution in [3.63, 3.8) is 0 Å². The first kappa shape index (κ1) is 16.1. The van der Waals surface area contributed by atoms with Crippen molar-refractivity contribution in [2.24, 2.45) is 13.3 Å². The Morgan fingerprint density at radius 3 is 1.00 bits per heavy atom. The van der Waals surface area contributed by atoms with E-state index in [0.717, 1.165) is 0 Å². The molecule has 0 aromatic carbocycles. The molecule has 14 heteroatoms. The van der Waals surface area contributed by atoms with Gasteiger partial charge in [-0.15, -0.1) is 0 Å². The predicted octanol–water partition coefficient (Wildman–Crippen LogP) is 2.28. The van der Waals surface area contributed by atoms with Crippen molar-refractivity contribution in [2.45, 2.75) is 0 Å². The second kappa shape index (κ2) is 9.24. The Morgan fingerprint density at radius 1 is 0.643 bits per heavy atom. The third-order valence-electron chi connectivity index (χ3n) is 0.716. The summed E-state index contributed by atoms with van der Waals surface area (Å²) < 4.78 is 11.8. The van der Waals surface area contributed by atoms with Crippen molar-refractivity contribution in [1.82, 2.24) is 0 Å². The van der Waals surface area contributed by atoms with Crippen molar-refractivity contribution in [1.29, 1.82) is 0 Å². The monoisotopic (exact) mass is 327 g/mol. The maximum atomic E-state index is 8.04. The molecular formula is KN12Sn. The Bertz CT molecular complexity index is 290. The quantitative estimate of drug-likeness (QED) is 0.316. The van der Waals surface area contributed by atoms with E-state index < -0.39 is 19.5 Å². The van der Waals surface area contributed by atoms with Crippen LogP contribution < -0.4 is 0 Å². The minimum atomic E-state index is -4.73. The fraction of sp³-hybridized carbons (Fsp3) is 0. The second-order valence-electron chi connectivity index (χ2n) is 1.36. The summed E-state index contributed by atoms with van der Waals surface area (Å²) in [4.78, 5) is 9.15. The maximum absolute atomic E-state index is 8.04. The molecule has 0 fully saturated rings. The van der Waals surface area contributed by atoms with E-state index in [2.05, 4.69) is 33.0 Å². The molecule has 12 nitrogen and oxygen atoms in total. The topological polar surface area (TPSA) is 195 Å². The van der Waals surface area contributed by atoms with E-state index in [1.54, 1.807) is 0 Å². The summed E-state index contributed by atoms with van der Waals surface area (Å²) in [5, 5.41) is 0. The van der Waals surface area contributed by atoms with Crippen LogP contribution in [-0.4, -0.2) is 70.9 Å². The molecule has 0 aliphatic rings. The van der Waals surface area contributed by atoms with Gasteiger partial charge in [-0.25, -0.2) is 0 Å². The van der Waals surface area contributed by atoms with Crippen molar-refractivity contribution in [3.8, 4) is 0 Å². The van der Waals surface area contributed by atoms with E-state index in [9.17, 15) is 0 Å². The molecule has 0 aliphatic carbocycles. The van der Waals surface area contributed by atoms with Crippen LogP contribution in [0.4, 0.5) is 0 Å². The molecule has 0 aliphatic heterocycles. The molecule has 0 saturated carbocycles. The molecule has 1 radical (unpaired) electrons. The van der Waals surface area contributed by atoms with Crippen LogP contribution in [0.5, 0.6) is 0 Å². The fourth-order valence-electron chi connectivity index (χ4n) is 0.360. The van der Waals surface area contributed by atoms with E-state index in [0.29, 0.717) is 0 Å². The molecular weight excluding hydrogens is 326 g/mol. The van der Waals surface area contributed by atoms with Gasteiger partial charge in [-0.3, -0.25) is 0 Å². The molecule has 0 heterocycles. The third-order valence-corrected chi connectivity index (χ3v) is 4.80. The average Bonchev–Trinajstić information content (AvgIpc) is 2.06. The molecule has 0 aromatic heterocycles. The predicted molar refractivity (Wildman–Crippen MR) is 48.1 cm³/mol. The van der Waals surface area contributed by atoms with Crippen LogP contribution in [-0.2, 0) is 0 Å². The van der Waals surface area contributed by atoms with E-state index in [1.807, 2.05) is 0 Å². The number of nitrogens with zero attached hydrogens (tertiary/aromatic N) is 12. The number of azide groups is 1. The Hall–Kier alpha value is -0.325. The van der Waals surface area contributed by atoms with Crippen molar-refractivity contribution >= 4 is 70.9 Å². The molecule has 0 spiro atoms. The van der Waals surface area contributed by atoms with Gasteiger partial charge in [-0.05, 0) is 0 Å². The van der Waals surface area contributed by atoms with Crippen LogP contribution in [0.3, 0.4) is 0 Å². The van der Waals surface area contributed by atoms with Crippen LogP contribution in [0.25, 0.3) is 41.8 Å². The average molecular weight is 326 g/mol. The molecule has 0 unspecified atom stereocenters. The third kappa shape index (κ3) is 5.41. The van der Waals surface area contributed by atoms with Gasteiger partial charge in [0.2, 0.25) is 0 Å². The Balaban J connectivity index is 0. The van der Waals surface area contributed by atoms with E-state index in [-0.39, 0.29) is 51.4 Å². The summed E-state index contributed by atoms with van der Waals surface area (Å²) in [5.41, 5.74) is 32.2. The Morgan fingerprint density at radius 2 is 0.857 bits per heavy atom. The van der Waals surface area contributed by atoms with Gasteiger partial charge in [-0.1, -0.05) is 0 Å². The van der Waals surface area contributed by atoms with Gasteiger partial charge >= 0.3 is 74.6 Å². The van der Waals surface area contributed by atoms with Crippen LogP contribution in [0, 0.1) is 0 Å². The summed E-state index contributed by atoms with van der Waals surface area (Å²) in [6, 6.07) is 0. The first-order valence-corrected chi connectivity index (χ1v) is 7.60. The SMILES string of the molecule is [K].[N-]=[N+]=[N][Sn]([N]=[N+]=[N-])([N]=[N+]=[N-])[N]=[N+]=[N-]. The van der Waals surface area contributed by atoms with Crippen LogP contribution >= 0.6 is 0 Å². The molecule has 0 amide bonds. The molecule has 0 atom stereocenters. The zero-order chi connectivity index (χ0) is 10.2. The number of hydrogen-bond donors (Lipinski definition) is 0.